The van der Waals surface area contributed by atoms with E-state index in [1.54, 1.807) is 6.07 Å². The van der Waals surface area contributed by atoms with Crippen LogP contribution in [0.25, 0.3) is 0 Å². The van der Waals surface area contributed by atoms with Gasteiger partial charge in [0.2, 0.25) is 5.91 Å². The number of rotatable bonds is 7. The van der Waals surface area contributed by atoms with E-state index >= 15 is 0 Å². The van der Waals surface area contributed by atoms with Crippen molar-refractivity contribution in [1.29, 1.82) is 0 Å². The number of hydrogen-bond donors (Lipinski definition) is 1. The van der Waals surface area contributed by atoms with Crippen molar-refractivity contribution in [2.75, 3.05) is 13.1 Å². The van der Waals surface area contributed by atoms with Crippen LogP contribution in [-0.4, -0.2) is 29.8 Å². The number of ether oxygens (including phenoxy) is 1. The van der Waals surface area contributed by atoms with Crippen LogP contribution in [-0.2, 0) is 11.4 Å². The molecule has 2 amide bonds. The van der Waals surface area contributed by atoms with Crippen molar-refractivity contribution in [3.63, 3.8) is 0 Å². The number of primary amides is 1. The molecule has 1 aliphatic heterocycles. The highest BCUT2D eigenvalue weighted by molar-refractivity contribution is 5.95. The lowest BCUT2D eigenvalue weighted by molar-refractivity contribution is -0.118. The van der Waals surface area contributed by atoms with Gasteiger partial charge in [-0.05, 0) is 50.3 Å². The molecule has 1 atom stereocenters. The number of piperidine rings is 1. The molecule has 1 aromatic carbocycles. The summed E-state index contributed by atoms with van der Waals surface area (Å²) in [6, 6.07) is 9.44. The average molecular weight is 370 g/mol. The van der Waals surface area contributed by atoms with E-state index in [0.29, 0.717) is 30.2 Å². The number of amides is 2. The lowest BCUT2D eigenvalue weighted by Crippen LogP contribution is -2.40. The van der Waals surface area contributed by atoms with Crippen LogP contribution in [0.2, 0.25) is 0 Å². The number of carbonyl (C=O) groups excluding carboxylic acids is 2. The molecule has 0 aliphatic carbocycles. The molecule has 27 heavy (non-hydrogen) atoms. The van der Waals surface area contributed by atoms with Gasteiger partial charge in [0.15, 0.2) is 5.76 Å². The Hall–Kier alpha value is -2.76. The van der Waals surface area contributed by atoms with E-state index in [1.165, 1.54) is 6.26 Å². The Bertz CT molecular complexity index is 782. The van der Waals surface area contributed by atoms with Crippen molar-refractivity contribution in [3.05, 3.63) is 53.5 Å². The molecule has 6 heteroatoms. The van der Waals surface area contributed by atoms with Gasteiger partial charge in [0, 0.05) is 19.5 Å². The fourth-order valence-electron chi connectivity index (χ4n) is 3.43. The zero-order valence-corrected chi connectivity index (χ0v) is 15.6. The van der Waals surface area contributed by atoms with Crippen LogP contribution in [0.4, 0.5) is 0 Å². The van der Waals surface area contributed by atoms with Crippen molar-refractivity contribution >= 4 is 11.8 Å². The Morgan fingerprint density at radius 2 is 2.04 bits per heavy atom. The van der Waals surface area contributed by atoms with Gasteiger partial charge >= 0.3 is 0 Å². The SMILES string of the molecule is Cc1ccc(OCc2occc2C(=O)N2CCC[C@@H](CCC(N)=O)C2)cc1. The highest BCUT2D eigenvalue weighted by Crippen LogP contribution is 2.24. The standard InChI is InChI=1S/C21H26N2O4/c1-15-4-7-17(8-5-15)27-14-19-18(10-12-26-19)21(25)23-11-2-3-16(13-23)6-9-20(22)24/h4-5,7-8,10,12,16H,2-3,6,9,11,13-14H2,1H3,(H2,22,24)/t16-/m0/s1. The molecule has 0 radical (unpaired) electrons. The molecule has 1 aromatic heterocycles. The second kappa shape index (κ2) is 8.75. The fourth-order valence-corrected chi connectivity index (χ4v) is 3.43. The van der Waals surface area contributed by atoms with Gasteiger partial charge in [0.1, 0.15) is 12.4 Å². The first-order valence-corrected chi connectivity index (χ1v) is 9.36. The van der Waals surface area contributed by atoms with Crippen LogP contribution >= 0.6 is 0 Å². The number of benzene rings is 1. The van der Waals surface area contributed by atoms with Crippen molar-refractivity contribution in [2.24, 2.45) is 11.7 Å². The van der Waals surface area contributed by atoms with Crippen molar-refractivity contribution < 1.29 is 18.7 Å². The molecule has 144 valence electrons. The number of hydrogen-bond acceptors (Lipinski definition) is 4. The minimum absolute atomic E-state index is 0.0463. The maximum absolute atomic E-state index is 12.9. The number of nitrogens with zero attached hydrogens (tertiary/aromatic N) is 1. The first-order chi connectivity index (χ1) is 13.0. The van der Waals surface area contributed by atoms with E-state index in [1.807, 2.05) is 36.1 Å². The summed E-state index contributed by atoms with van der Waals surface area (Å²) in [6.07, 6.45) is 4.57. The molecule has 0 spiro atoms. The summed E-state index contributed by atoms with van der Waals surface area (Å²) in [4.78, 5) is 25.8. The van der Waals surface area contributed by atoms with Gasteiger partial charge in [0.25, 0.3) is 5.91 Å². The molecule has 0 saturated carbocycles. The zero-order valence-electron chi connectivity index (χ0n) is 15.6. The van der Waals surface area contributed by atoms with E-state index in [2.05, 4.69) is 0 Å². The molecular formula is C21H26N2O4. The minimum atomic E-state index is -0.288. The number of likely N-dealkylation sites (tertiary alicyclic amines) is 1. The average Bonchev–Trinajstić information content (AvgIpc) is 3.14. The summed E-state index contributed by atoms with van der Waals surface area (Å²) in [6.45, 7) is 3.59. The van der Waals surface area contributed by atoms with Gasteiger partial charge in [-0.25, -0.2) is 0 Å². The number of nitrogens with two attached hydrogens (primary N) is 1. The molecule has 1 saturated heterocycles. The third-order valence-electron chi connectivity index (χ3n) is 4.97. The predicted octanol–water partition coefficient (Wildman–Crippen LogP) is 3.28. The van der Waals surface area contributed by atoms with Crippen LogP contribution in [0, 0.1) is 12.8 Å². The van der Waals surface area contributed by atoms with Crippen LogP contribution in [0.3, 0.4) is 0 Å². The number of carbonyl (C=O) groups is 2. The maximum atomic E-state index is 12.9. The lowest BCUT2D eigenvalue weighted by Gasteiger charge is -2.32. The number of furan rings is 1. The topological polar surface area (TPSA) is 85.8 Å². The van der Waals surface area contributed by atoms with E-state index in [9.17, 15) is 9.59 Å². The van der Waals surface area contributed by atoms with Crippen LogP contribution in [0.5, 0.6) is 5.75 Å². The summed E-state index contributed by atoms with van der Waals surface area (Å²) >= 11 is 0. The Morgan fingerprint density at radius 1 is 1.26 bits per heavy atom. The lowest BCUT2D eigenvalue weighted by atomic mass is 9.93. The van der Waals surface area contributed by atoms with Gasteiger partial charge in [0.05, 0.1) is 11.8 Å². The molecule has 2 heterocycles. The number of aryl methyl sites for hydroxylation is 1. The fraction of sp³-hybridized carbons (Fsp3) is 0.429. The largest absolute Gasteiger partial charge is 0.486 e. The Labute approximate surface area is 159 Å². The summed E-state index contributed by atoms with van der Waals surface area (Å²) in [5.41, 5.74) is 6.94. The maximum Gasteiger partial charge on any atom is 0.257 e. The summed E-state index contributed by atoms with van der Waals surface area (Å²) in [5.74, 6) is 1.24. The van der Waals surface area contributed by atoms with Gasteiger partial charge in [-0.2, -0.15) is 0 Å². The molecular weight excluding hydrogens is 344 g/mol. The molecule has 1 fully saturated rings. The molecule has 0 bridgehead atoms. The molecule has 3 rings (SSSR count). The van der Waals surface area contributed by atoms with Crippen molar-refractivity contribution in [2.45, 2.75) is 39.2 Å². The van der Waals surface area contributed by atoms with Crippen LogP contribution < -0.4 is 10.5 Å². The van der Waals surface area contributed by atoms with Crippen LogP contribution in [0.15, 0.2) is 41.0 Å². The van der Waals surface area contributed by atoms with Gasteiger partial charge in [-0.15, -0.1) is 0 Å². The summed E-state index contributed by atoms with van der Waals surface area (Å²) in [7, 11) is 0. The first-order valence-electron chi connectivity index (χ1n) is 9.36. The van der Waals surface area contributed by atoms with Crippen molar-refractivity contribution in [3.8, 4) is 5.75 Å². The Morgan fingerprint density at radius 3 is 2.78 bits per heavy atom. The minimum Gasteiger partial charge on any atom is -0.486 e. The molecule has 2 N–H and O–H groups in total. The Balaban J connectivity index is 1.61. The van der Waals surface area contributed by atoms with E-state index in [-0.39, 0.29) is 18.4 Å². The highest BCUT2D eigenvalue weighted by atomic mass is 16.5. The Kier molecular flexibility index (Phi) is 6.16. The smallest absolute Gasteiger partial charge is 0.257 e. The molecule has 1 aliphatic rings. The summed E-state index contributed by atoms with van der Waals surface area (Å²) < 4.78 is 11.2. The monoisotopic (exact) mass is 370 g/mol. The summed E-state index contributed by atoms with van der Waals surface area (Å²) in [5, 5.41) is 0. The second-order valence-electron chi connectivity index (χ2n) is 7.12. The van der Waals surface area contributed by atoms with Gasteiger partial charge in [-0.3, -0.25) is 9.59 Å². The first kappa shape index (κ1) is 19.0. The van der Waals surface area contributed by atoms with Crippen LogP contribution in [0.1, 0.15) is 47.4 Å². The zero-order chi connectivity index (χ0) is 19.2. The highest BCUT2D eigenvalue weighted by Gasteiger charge is 2.27. The quantitative estimate of drug-likeness (QED) is 0.810. The third-order valence-corrected chi connectivity index (χ3v) is 4.97. The molecule has 2 aromatic rings. The van der Waals surface area contributed by atoms with Crippen molar-refractivity contribution in [1.82, 2.24) is 4.90 Å². The van der Waals surface area contributed by atoms with E-state index < -0.39 is 0 Å². The third kappa shape index (κ3) is 5.12. The predicted molar refractivity (Wildman–Crippen MR) is 101 cm³/mol. The second-order valence-corrected chi connectivity index (χ2v) is 7.12. The normalized spacial score (nSPS) is 16.9. The van der Waals surface area contributed by atoms with E-state index in [4.69, 9.17) is 14.9 Å². The van der Waals surface area contributed by atoms with Gasteiger partial charge < -0.3 is 19.8 Å². The van der Waals surface area contributed by atoms with Gasteiger partial charge in [-0.1, -0.05) is 17.7 Å². The molecule has 0 unspecified atom stereocenters. The van der Waals surface area contributed by atoms with E-state index in [0.717, 1.165) is 37.1 Å². The molecule has 6 nitrogen and oxygen atoms in total.